The molecule has 4 nitrogen and oxygen atoms in total. The Morgan fingerprint density at radius 3 is 2.31 bits per heavy atom. The quantitative estimate of drug-likeness (QED) is 0.697. The zero-order valence-corrected chi connectivity index (χ0v) is 15.3. The molecule has 0 bridgehead atoms. The van der Waals surface area contributed by atoms with Crippen molar-refractivity contribution < 1.29 is 17.6 Å². The number of carbonyl (C=O) groups excluding carboxylic acids is 1. The van der Waals surface area contributed by atoms with E-state index in [2.05, 4.69) is 5.32 Å². The van der Waals surface area contributed by atoms with Gasteiger partial charge in [-0.25, -0.2) is 12.8 Å². The number of nitrogens with one attached hydrogen (secondary N) is 1. The summed E-state index contributed by atoms with van der Waals surface area (Å²) in [6.45, 7) is -0.112. The summed E-state index contributed by atoms with van der Waals surface area (Å²) < 4.78 is 39.4. The number of thiophene rings is 1. The first-order valence-electron chi connectivity index (χ1n) is 7.84. The van der Waals surface area contributed by atoms with Crippen LogP contribution >= 0.6 is 11.3 Å². The SMILES string of the molecule is O=C(NC[C@H](c1ccc(F)cc1)S(=O)(=O)c1cccs1)c1ccccc1. The Bertz CT molecular complexity index is 969. The van der Waals surface area contributed by atoms with Crippen LogP contribution in [0, 0.1) is 5.82 Å². The van der Waals surface area contributed by atoms with Gasteiger partial charge in [0.25, 0.3) is 5.91 Å². The Hall–Kier alpha value is -2.51. The number of rotatable bonds is 6. The Kier molecular flexibility index (Phi) is 5.49. The van der Waals surface area contributed by atoms with E-state index in [1.807, 2.05) is 0 Å². The molecule has 26 heavy (non-hydrogen) atoms. The maximum absolute atomic E-state index is 13.2. The van der Waals surface area contributed by atoms with Crippen LogP contribution in [0.15, 0.2) is 76.3 Å². The Balaban J connectivity index is 1.89. The van der Waals surface area contributed by atoms with E-state index in [0.717, 1.165) is 11.3 Å². The largest absolute Gasteiger partial charge is 0.350 e. The zero-order chi connectivity index (χ0) is 18.6. The molecular weight excluding hydrogens is 373 g/mol. The summed E-state index contributed by atoms with van der Waals surface area (Å²) in [5.74, 6) is -0.812. The number of benzene rings is 2. The van der Waals surface area contributed by atoms with Crippen LogP contribution in [0.3, 0.4) is 0 Å². The molecule has 0 aliphatic heterocycles. The lowest BCUT2D eigenvalue weighted by Gasteiger charge is -2.18. The monoisotopic (exact) mass is 389 g/mol. The third-order valence-corrected chi connectivity index (χ3v) is 7.41. The topological polar surface area (TPSA) is 63.2 Å². The molecule has 0 aliphatic rings. The fraction of sp³-hybridized carbons (Fsp3) is 0.105. The average Bonchev–Trinajstić information content (AvgIpc) is 3.19. The van der Waals surface area contributed by atoms with Crippen LogP contribution in [0.1, 0.15) is 21.2 Å². The van der Waals surface area contributed by atoms with E-state index in [1.54, 1.807) is 41.8 Å². The molecule has 1 aromatic heterocycles. The predicted molar refractivity (Wildman–Crippen MR) is 99.4 cm³/mol. The van der Waals surface area contributed by atoms with Crippen LogP contribution in [0.2, 0.25) is 0 Å². The molecule has 1 N–H and O–H groups in total. The number of hydrogen-bond donors (Lipinski definition) is 1. The minimum absolute atomic E-state index is 0.112. The van der Waals surface area contributed by atoms with E-state index in [9.17, 15) is 17.6 Å². The van der Waals surface area contributed by atoms with Gasteiger partial charge in [-0.15, -0.1) is 11.3 Å². The van der Waals surface area contributed by atoms with E-state index in [4.69, 9.17) is 0 Å². The summed E-state index contributed by atoms with van der Waals surface area (Å²) in [5.41, 5.74) is 0.868. The van der Waals surface area contributed by atoms with Crippen LogP contribution in [-0.2, 0) is 9.84 Å². The van der Waals surface area contributed by atoms with Gasteiger partial charge in [0.15, 0.2) is 9.84 Å². The van der Waals surface area contributed by atoms with Crippen molar-refractivity contribution in [2.75, 3.05) is 6.54 Å². The summed E-state index contributed by atoms with van der Waals surface area (Å²) in [7, 11) is -3.72. The van der Waals surface area contributed by atoms with Crippen molar-refractivity contribution in [3.8, 4) is 0 Å². The second kappa shape index (κ2) is 7.80. The Morgan fingerprint density at radius 2 is 1.69 bits per heavy atom. The maximum atomic E-state index is 13.2. The second-order valence-electron chi connectivity index (χ2n) is 5.59. The Labute approximate surface area is 155 Å². The third-order valence-electron chi connectivity index (χ3n) is 3.88. The molecule has 2 aromatic carbocycles. The van der Waals surface area contributed by atoms with Gasteiger partial charge in [-0.2, -0.15) is 0 Å². The molecule has 0 fully saturated rings. The van der Waals surface area contributed by atoms with Gasteiger partial charge < -0.3 is 5.32 Å². The lowest BCUT2D eigenvalue weighted by Crippen LogP contribution is -2.31. The van der Waals surface area contributed by atoms with Crippen molar-refractivity contribution in [3.05, 3.63) is 89.1 Å². The molecule has 3 rings (SSSR count). The van der Waals surface area contributed by atoms with Gasteiger partial charge in [0, 0.05) is 12.1 Å². The molecule has 0 unspecified atom stereocenters. The van der Waals surface area contributed by atoms with Crippen LogP contribution in [-0.4, -0.2) is 20.9 Å². The standard InChI is InChI=1S/C19H16FNO3S2/c20-16-10-8-14(9-11-16)17(26(23,24)18-7-4-12-25-18)13-21-19(22)15-5-2-1-3-6-15/h1-12,17H,13H2,(H,21,22)/t17-/m1/s1. The van der Waals surface area contributed by atoms with Crippen molar-refractivity contribution >= 4 is 27.1 Å². The molecule has 7 heteroatoms. The van der Waals surface area contributed by atoms with Crippen LogP contribution in [0.25, 0.3) is 0 Å². The molecule has 0 saturated heterocycles. The average molecular weight is 389 g/mol. The molecule has 1 amide bonds. The number of carbonyl (C=O) groups is 1. The number of sulfone groups is 1. The highest BCUT2D eigenvalue weighted by atomic mass is 32.2. The van der Waals surface area contributed by atoms with E-state index in [1.165, 1.54) is 30.3 Å². The Morgan fingerprint density at radius 1 is 1.00 bits per heavy atom. The van der Waals surface area contributed by atoms with Gasteiger partial charge in [0.2, 0.25) is 0 Å². The fourth-order valence-corrected chi connectivity index (χ4v) is 5.39. The first-order chi connectivity index (χ1) is 12.5. The van der Waals surface area contributed by atoms with Crippen molar-refractivity contribution in [3.63, 3.8) is 0 Å². The molecular formula is C19H16FNO3S2. The van der Waals surface area contributed by atoms with Gasteiger partial charge in [0.05, 0.1) is 0 Å². The van der Waals surface area contributed by atoms with Gasteiger partial charge in [-0.1, -0.05) is 36.4 Å². The van der Waals surface area contributed by atoms with Gasteiger partial charge in [-0.05, 0) is 41.3 Å². The summed E-state index contributed by atoms with van der Waals surface area (Å²) in [5, 5.41) is 3.35. The van der Waals surface area contributed by atoms with Crippen molar-refractivity contribution in [1.29, 1.82) is 0 Å². The molecule has 0 radical (unpaired) electrons. The third kappa shape index (κ3) is 4.00. The molecule has 1 heterocycles. The number of amides is 1. The van der Waals surface area contributed by atoms with E-state index >= 15 is 0 Å². The maximum Gasteiger partial charge on any atom is 0.251 e. The second-order valence-corrected chi connectivity index (χ2v) is 8.90. The molecule has 1 atom stereocenters. The molecule has 134 valence electrons. The lowest BCUT2D eigenvalue weighted by molar-refractivity contribution is 0.0953. The molecule has 3 aromatic rings. The first-order valence-corrected chi connectivity index (χ1v) is 10.3. The summed E-state index contributed by atoms with van der Waals surface area (Å²) >= 11 is 1.11. The normalized spacial score (nSPS) is 12.5. The van der Waals surface area contributed by atoms with E-state index < -0.39 is 20.9 Å². The summed E-state index contributed by atoms with van der Waals surface area (Å²) in [4.78, 5) is 12.3. The molecule has 0 saturated carbocycles. The minimum Gasteiger partial charge on any atom is -0.350 e. The molecule has 0 spiro atoms. The van der Waals surface area contributed by atoms with Gasteiger partial charge in [0.1, 0.15) is 15.3 Å². The molecule has 0 aliphatic carbocycles. The van der Waals surface area contributed by atoms with Crippen molar-refractivity contribution in [1.82, 2.24) is 5.32 Å². The van der Waals surface area contributed by atoms with Crippen molar-refractivity contribution in [2.24, 2.45) is 0 Å². The summed E-state index contributed by atoms with van der Waals surface area (Å²) in [6.07, 6.45) is 0. The zero-order valence-electron chi connectivity index (χ0n) is 13.6. The van der Waals surface area contributed by atoms with E-state index in [0.29, 0.717) is 11.1 Å². The highest BCUT2D eigenvalue weighted by Crippen LogP contribution is 2.31. The highest BCUT2D eigenvalue weighted by molar-refractivity contribution is 7.93. The van der Waals surface area contributed by atoms with Crippen LogP contribution in [0.4, 0.5) is 4.39 Å². The summed E-state index contributed by atoms with van der Waals surface area (Å²) in [6, 6.07) is 17.0. The number of halogens is 1. The highest BCUT2D eigenvalue weighted by Gasteiger charge is 2.30. The van der Waals surface area contributed by atoms with Crippen molar-refractivity contribution in [2.45, 2.75) is 9.46 Å². The van der Waals surface area contributed by atoms with Gasteiger partial charge in [-0.3, -0.25) is 4.79 Å². The van der Waals surface area contributed by atoms with Gasteiger partial charge >= 0.3 is 0 Å². The smallest absolute Gasteiger partial charge is 0.251 e. The van der Waals surface area contributed by atoms with Crippen LogP contribution < -0.4 is 5.32 Å². The van der Waals surface area contributed by atoms with Crippen LogP contribution in [0.5, 0.6) is 0 Å². The first kappa shape index (κ1) is 18.3. The lowest BCUT2D eigenvalue weighted by atomic mass is 10.1. The fourth-order valence-electron chi connectivity index (χ4n) is 2.53. The minimum atomic E-state index is -3.72. The predicted octanol–water partition coefficient (Wildman–Crippen LogP) is 3.83. The van der Waals surface area contributed by atoms with E-state index in [-0.39, 0.29) is 16.7 Å². The number of hydrogen-bond acceptors (Lipinski definition) is 4.